The van der Waals surface area contributed by atoms with Crippen LogP contribution in [0.25, 0.3) is 0 Å². The normalized spacial score (nSPS) is 13.6. The van der Waals surface area contributed by atoms with E-state index in [0.29, 0.717) is 23.9 Å². The summed E-state index contributed by atoms with van der Waals surface area (Å²) in [7, 11) is 1.49. The van der Waals surface area contributed by atoms with Gasteiger partial charge in [0.1, 0.15) is 19.8 Å². The number of hydrogen-bond donors (Lipinski definition) is 1. The number of carbonyl (C=O) groups is 2. The molecule has 0 saturated carbocycles. The van der Waals surface area contributed by atoms with Gasteiger partial charge in [-0.2, -0.15) is 0 Å². The van der Waals surface area contributed by atoms with Crippen LogP contribution in [0.4, 0.5) is 0 Å². The molecule has 0 radical (unpaired) electrons. The maximum Gasteiger partial charge on any atom is 0.472 e. The second-order valence-corrected chi connectivity index (χ2v) is 23.2. The molecule has 0 rings (SSSR count). The molecule has 72 heavy (non-hydrogen) atoms. The Morgan fingerprint density at radius 1 is 0.444 bits per heavy atom. The van der Waals surface area contributed by atoms with Crippen molar-refractivity contribution in [1.82, 2.24) is 0 Å². The van der Waals surface area contributed by atoms with Crippen molar-refractivity contribution >= 4 is 19.8 Å². The molecule has 0 aliphatic rings. The number of quaternary nitrogens is 1. The summed E-state index contributed by atoms with van der Waals surface area (Å²) in [6.45, 7) is 4.35. The van der Waals surface area contributed by atoms with Gasteiger partial charge in [-0.3, -0.25) is 18.6 Å². The Kier molecular flexibility index (Phi) is 52.3. The monoisotopic (exact) mass is 1030 g/mol. The fourth-order valence-electron chi connectivity index (χ4n) is 8.72. The zero-order valence-corrected chi connectivity index (χ0v) is 48.8. The molecule has 2 unspecified atom stereocenters. The molecule has 0 heterocycles. The van der Waals surface area contributed by atoms with E-state index in [9.17, 15) is 19.0 Å². The number of allylic oxidation sites excluding steroid dienone is 8. The average Bonchev–Trinajstić information content (AvgIpc) is 3.34. The lowest BCUT2D eigenvalue weighted by atomic mass is 10.0. The van der Waals surface area contributed by atoms with Crippen LogP contribution in [-0.4, -0.2) is 74.9 Å². The van der Waals surface area contributed by atoms with Crippen molar-refractivity contribution in [3.8, 4) is 0 Å². The molecular formula is C62H117NO8P+. The van der Waals surface area contributed by atoms with Crippen molar-refractivity contribution in [2.24, 2.45) is 0 Å². The molecule has 0 bridgehead atoms. The van der Waals surface area contributed by atoms with Gasteiger partial charge >= 0.3 is 19.8 Å². The van der Waals surface area contributed by atoms with Gasteiger partial charge in [-0.1, -0.05) is 268 Å². The van der Waals surface area contributed by atoms with Crippen LogP contribution in [0, 0.1) is 0 Å². The summed E-state index contributed by atoms with van der Waals surface area (Å²) in [5.74, 6) is -0.782. The van der Waals surface area contributed by atoms with E-state index in [1.165, 1.54) is 193 Å². The number of phosphoric acid groups is 1. The second-order valence-electron chi connectivity index (χ2n) is 21.7. The van der Waals surface area contributed by atoms with E-state index in [0.717, 1.165) is 57.8 Å². The smallest absolute Gasteiger partial charge is 0.462 e. The minimum absolute atomic E-state index is 0.0345. The Bertz CT molecular complexity index is 1360. The van der Waals surface area contributed by atoms with Gasteiger partial charge in [0.05, 0.1) is 27.7 Å². The van der Waals surface area contributed by atoms with Gasteiger partial charge in [-0.15, -0.1) is 0 Å². The van der Waals surface area contributed by atoms with Crippen molar-refractivity contribution < 1.29 is 42.1 Å². The Balaban J connectivity index is 3.94. The van der Waals surface area contributed by atoms with E-state index in [4.69, 9.17) is 18.5 Å². The molecule has 1 N–H and O–H groups in total. The standard InChI is InChI=1S/C62H116NO8P/c1-6-8-10-12-14-16-18-20-21-22-23-24-25-26-27-28-29-30-31-32-33-34-35-36-37-38-39-40-41-43-45-47-49-51-53-55-62(65)71-60(59-70-72(66,67)69-57-56-63(3,4)5)58-68-61(64)54-52-50-48-46-44-42-19-17-15-13-11-9-7-2/h8,10,14,16,20-21,23-24,60H,6-7,9,11-13,15,17-19,22,25-59H2,1-5H3/p+1/b10-8-,16-14-,21-20-,24-23-. The number of likely N-dealkylation sites (N-methyl/N-ethyl adjacent to an activating group) is 1. The van der Waals surface area contributed by atoms with Crippen molar-refractivity contribution in [1.29, 1.82) is 0 Å². The lowest BCUT2D eigenvalue weighted by Gasteiger charge is -2.24. The third-order valence-corrected chi connectivity index (χ3v) is 14.4. The van der Waals surface area contributed by atoms with E-state index in [2.05, 4.69) is 62.5 Å². The summed E-state index contributed by atoms with van der Waals surface area (Å²) in [4.78, 5) is 35.6. The molecule has 0 aromatic heterocycles. The first kappa shape index (κ1) is 70.0. The first-order valence-corrected chi connectivity index (χ1v) is 31.9. The van der Waals surface area contributed by atoms with Gasteiger partial charge in [0.25, 0.3) is 0 Å². The molecular weight excluding hydrogens is 918 g/mol. The number of hydrogen-bond acceptors (Lipinski definition) is 7. The molecule has 0 aromatic rings. The van der Waals surface area contributed by atoms with Crippen molar-refractivity contribution in [3.05, 3.63) is 48.6 Å². The molecule has 2 atom stereocenters. The topological polar surface area (TPSA) is 108 Å². The van der Waals surface area contributed by atoms with E-state index in [1.807, 2.05) is 21.1 Å². The summed E-state index contributed by atoms with van der Waals surface area (Å²) in [6.07, 6.45) is 67.8. The molecule has 0 aliphatic heterocycles. The van der Waals surface area contributed by atoms with E-state index in [-0.39, 0.29) is 25.6 Å². The Labute approximate surface area is 445 Å². The third kappa shape index (κ3) is 57.3. The zero-order chi connectivity index (χ0) is 52.7. The van der Waals surface area contributed by atoms with E-state index >= 15 is 0 Å². The number of rotatable bonds is 56. The molecule has 0 fully saturated rings. The van der Waals surface area contributed by atoms with Crippen LogP contribution in [0.1, 0.15) is 284 Å². The van der Waals surface area contributed by atoms with Crippen LogP contribution in [0.15, 0.2) is 48.6 Å². The minimum atomic E-state index is -4.38. The van der Waals surface area contributed by atoms with Crippen LogP contribution in [0.5, 0.6) is 0 Å². The second kappa shape index (κ2) is 53.8. The Morgan fingerprint density at radius 2 is 0.792 bits per heavy atom. The van der Waals surface area contributed by atoms with E-state index < -0.39 is 26.5 Å². The predicted molar refractivity (Wildman–Crippen MR) is 307 cm³/mol. The summed E-state index contributed by atoms with van der Waals surface area (Å²) in [5.41, 5.74) is 0. The average molecular weight is 1040 g/mol. The van der Waals surface area contributed by atoms with Crippen LogP contribution < -0.4 is 0 Å². The minimum Gasteiger partial charge on any atom is -0.462 e. The van der Waals surface area contributed by atoms with Gasteiger partial charge in [0.2, 0.25) is 0 Å². The van der Waals surface area contributed by atoms with Gasteiger partial charge in [-0.25, -0.2) is 4.57 Å². The third-order valence-electron chi connectivity index (χ3n) is 13.4. The number of carbonyl (C=O) groups excluding carboxylic acids is 2. The number of phosphoric ester groups is 1. The number of esters is 2. The lowest BCUT2D eigenvalue weighted by molar-refractivity contribution is -0.870. The van der Waals surface area contributed by atoms with Gasteiger partial charge in [-0.05, 0) is 51.4 Å². The van der Waals surface area contributed by atoms with Gasteiger partial charge in [0.15, 0.2) is 6.10 Å². The fraction of sp³-hybridized carbons (Fsp3) is 0.839. The number of unbranched alkanes of at least 4 members (excludes halogenated alkanes) is 34. The summed E-state index contributed by atoms with van der Waals surface area (Å²) >= 11 is 0. The molecule has 0 aliphatic carbocycles. The molecule has 0 aromatic carbocycles. The van der Waals surface area contributed by atoms with E-state index in [1.54, 1.807) is 0 Å². The Hall–Kier alpha value is -2.03. The van der Waals surface area contributed by atoms with Crippen LogP contribution in [0.2, 0.25) is 0 Å². The summed E-state index contributed by atoms with van der Waals surface area (Å²) in [6, 6.07) is 0. The maximum atomic E-state index is 12.8. The maximum absolute atomic E-state index is 12.8. The molecule has 10 heteroatoms. The highest BCUT2D eigenvalue weighted by atomic mass is 31.2. The van der Waals surface area contributed by atoms with Gasteiger partial charge in [0, 0.05) is 12.8 Å². The van der Waals surface area contributed by atoms with Crippen molar-refractivity contribution in [2.45, 2.75) is 290 Å². The number of nitrogens with zero attached hydrogens (tertiary/aromatic N) is 1. The van der Waals surface area contributed by atoms with Crippen LogP contribution >= 0.6 is 7.82 Å². The highest BCUT2D eigenvalue weighted by Gasteiger charge is 2.27. The van der Waals surface area contributed by atoms with Crippen molar-refractivity contribution in [2.75, 3.05) is 47.5 Å². The molecule has 0 amide bonds. The van der Waals surface area contributed by atoms with Crippen LogP contribution in [-0.2, 0) is 32.7 Å². The molecule has 422 valence electrons. The molecule has 0 spiro atoms. The SMILES string of the molecule is CC/C=C\C/C=C\C/C=C\C/C=C\CCCCCCCCCCCCCCCCCCCCCCCCC(=O)OC(COC(=O)CCCCCCCCCCCCCCC)COP(=O)(O)OCC[N+](C)(C)C. The van der Waals surface area contributed by atoms with Crippen LogP contribution in [0.3, 0.4) is 0 Å². The predicted octanol–water partition coefficient (Wildman–Crippen LogP) is 18.9. The summed E-state index contributed by atoms with van der Waals surface area (Å²) < 4.78 is 34.5. The first-order chi connectivity index (χ1) is 35.0. The Morgan fingerprint density at radius 3 is 1.18 bits per heavy atom. The quantitative estimate of drug-likeness (QED) is 0.0211. The highest BCUT2D eigenvalue weighted by molar-refractivity contribution is 7.47. The largest absolute Gasteiger partial charge is 0.472 e. The first-order valence-electron chi connectivity index (χ1n) is 30.4. The summed E-state index contributed by atoms with van der Waals surface area (Å²) in [5, 5.41) is 0. The molecule has 9 nitrogen and oxygen atoms in total. The lowest BCUT2D eigenvalue weighted by Crippen LogP contribution is -2.37. The zero-order valence-electron chi connectivity index (χ0n) is 47.9. The number of ether oxygens (including phenoxy) is 2. The fourth-order valence-corrected chi connectivity index (χ4v) is 9.46. The highest BCUT2D eigenvalue weighted by Crippen LogP contribution is 2.43. The molecule has 0 saturated heterocycles. The van der Waals surface area contributed by atoms with Crippen molar-refractivity contribution in [3.63, 3.8) is 0 Å². The van der Waals surface area contributed by atoms with Gasteiger partial charge < -0.3 is 18.9 Å².